The highest BCUT2D eigenvalue weighted by atomic mass is 79.9. The zero-order valence-electron chi connectivity index (χ0n) is 10.6. The fourth-order valence-electron chi connectivity index (χ4n) is 1.63. The Bertz CT molecular complexity index is 635. The van der Waals surface area contributed by atoms with Crippen LogP contribution >= 0.6 is 39.1 Å². The van der Waals surface area contributed by atoms with Gasteiger partial charge in [-0.1, -0.05) is 29.3 Å². The molecule has 0 aliphatic rings. The average Bonchev–Trinajstić information content (AvgIpc) is 2.44. The van der Waals surface area contributed by atoms with Crippen molar-refractivity contribution in [3.05, 3.63) is 50.4 Å². The minimum absolute atomic E-state index is 0.348. The Morgan fingerprint density at radius 1 is 1.10 bits per heavy atom. The van der Waals surface area contributed by atoms with Gasteiger partial charge in [-0.05, 0) is 28.1 Å². The molecule has 0 bridgehead atoms. The highest BCUT2D eigenvalue weighted by Gasteiger charge is 2.11. The van der Waals surface area contributed by atoms with E-state index >= 15 is 0 Å². The molecule has 0 atom stereocenters. The van der Waals surface area contributed by atoms with Gasteiger partial charge in [-0.3, -0.25) is 0 Å². The monoisotopic (exact) mass is 375 g/mol. The average molecular weight is 377 g/mol. The molecule has 0 aliphatic carbocycles. The van der Waals surface area contributed by atoms with Crippen LogP contribution in [0.4, 0.5) is 0 Å². The second kappa shape index (κ2) is 6.68. The first-order chi connectivity index (χ1) is 9.55. The molecular weight excluding hydrogens is 365 g/mol. The van der Waals surface area contributed by atoms with Crippen LogP contribution in [-0.2, 0) is 6.54 Å². The normalized spacial score (nSPS) is 10.4. The van der Waals surface area contributed by atoms with Crippen LogP contribution in [0, 0.1) is 0 Å². The summed E-state index contributed by atoms with van der Waals surface area (Å²) in [6.45, 7) is 0.348. The van der Waals surface area contributed by atoms with E-state index in [1.807, 2.05) is 12.1 Å². The molecule has 2 N–H and O–H groups in total. The van der Waals surface area contributed by atoms with Gasteiger partial charge in [0.15, 0.2) is 0 Å². The first-order valence-corrected chi connectivity index (χ1v) is 7.29. The molecule has 106 valence electrons. The number of benzene rings is 2. The molecule has 0 unspecified atom stereocenters. The van der Waals surface area contributed by atoms with Crippen LogP contribution in [0.25, 0.3) is 0 Å². The maximum absolute atomic E-state index is 6.14. The molecule has 0 heterocycles. The Labute approximate surface area is 135 Å². The van der Waals surface area contributed by atoms with Crippen LogP contribution in [0.15, 0.2) is 34.8 Å². The molecule has 2 aromatic carbocycles. The van der Waals surface area contributed by atoms with E-state index in [1.54, 1.807) is 25.3 Å². The Kier molecular flexibility index (Phi) is 5.16. The molecule has 0 aliphatic heterocycles. The Hall–Kier alpha value is -0.940. The second-order valence-corrected chi connectivity index (χ2v) is 5.65. The van der Waals surface area contributed by atoms with Crippen LogP contribution in [0.5, 0.6) is 17.2 Å². The highest BCUT2D eigenvalue weighted by Crippen LogP contribution is 2.38. The lowest BCUT2D eigenvalue weighted by atomic mass is 10.2. The minimum atomic E-state index is 0.348. The summed E-state index contributed by atoms with van der Waals surface area (Å²) in [5, 5.41) is 0.966. The van der Waals surface area contributed by atoms with E-state index in [4.69, 9.17) is 38.4 Å². The number of hydrogen-bond acceptors (Lipinski definition) is 3. The molecule has 20 heavy (non-hydrogen) atoms. The minimum Gasteiger partial charge on any atom is -0.497 e. The van der Waals surface area contributed by atoms with Crippen LogP contribution in [0.2, 0.25) is 10.0 Å². The summed E-state index contributed by atoms with van der Waals surface area (Å²) in [7, 11) is 1.59. The number of ether oxygens (including phenoxy) is 2. The molecule has 2 aromatic rings. The maximum atomic E-state index is 6.14. The van der Waals surface area contributed by atoms with E-state index < -0.39 is 0 Å². The fourth-order valence-corrected chi connectivity index (χ4v) is 2.46. The van der Waals surface area contributed by atoms with Crippen molar-refractivity contribution >= 4 is 39.1 Å². The number of nitrogens with two attached hydrogens (primary N) is 1. The van der Waals surface area contributed by atoms with E-state index in [2.05, 4.69) is 15.9 Å². The van der Waals surface area contributed by atoms with Gasteiger partial charge in [0.1, 0.15) is 17.2 Å². The van der Waals surface area contributed by atoms with Gasteiger partial charge in [0, 0.05) is 28.7 Å². The van der Waals surface area contributed by atoms with Crippen molar-refractivity contribution in [2.45, 2.75) is 6.54 Å². The quantitative estimate of drug-likeness (QED) is 0.762. The summed E-state index contributed by atoms with van der Waals surface area (Å²) in [6, 6.07) is 8.76. The lowest BCUT2D eigenvalue weighted by Gasteiger charge is -2.13. The first kappa shape index (κ1) is 15.4. The van der Waals surface area contributed by atoms with E-state index in [1.165, 1.54) is 0 Å². The summed E-state index contributed by atoms with van der Waals surface area (Å²) in [5.74, 6) is 1.73. The molecule has 2 rings (SSSR count). The second-order valence-electron chi connectivity index (χ2n) is 3.98. The molecule has 0 aromatic heterocycles. The third kappa shape index (κ3) is 3.38. The van der Waals surface area contributed by atoms with E-state index in [9.17, 15) is 0 Å². The number of rotatable bonds is 4. The van der Waals surface area contributed by atoms with Crippen LogP contribution in [-0.4, -0.2) is 7.11 Å². The smallest absolute Gasteiger partial charge is 0.147 e. The van der Waals surface area contributed by atoms with Gasteiger partial charge >= 0.3 is 0 Å². The Morgan fingerprint density at radius 2 is 1.85 bits per heavy atom. The van der Waals surface area contributed by atoms with Gasteiger partial charge in [0.05, 0.1) is 17.2 Å². The molecule has 3 nitrogen and oxygen atoms in total. The number of hydrogen-bond donors (Lipinski definition) is 1. The molecule has 0 fully saturated rings. The maximum Gasteiger partial charge on any atom is 0.147 e. The Morgan fingerprint density at radius 3 is 2.50 bits per heavy atom. The van der Waals surface area contributed by atoms with Crippen molar-refractivity contribution < 1.29 is 9.47 Å². The number of halogens is 3. The number of methoxy groups -OCH3 is 1. The molecule has 6 heteroatoms. The molecule has 0 saturated carbocycles. The summed E-state index contributed by atoms with van der Waals surface area (Å²) in [5.41, 5.74) is 6.55. The topological polar surface area (TPSA) is 44.5 Å². The molecule has 0 radical (unpaired) electrons. The van der Waals surface area contributed by atoms with Gasteiger partial charge in [-0.15, -0.1) is 0 Å². The lowest BCUT2D eigenvalue weighted by molar-refractivity contribution is 0.408. The summed E-state index contributed by atoms with van der Waals surface area (Å²) in [6.07, 6.45) is 0. The van der Waals surface area contributed by atoms with Gasteiger partial charge in [0.2, 0.25) is 0 Å². The lowest BCUT2D eigenvalue weighted by Crippen LogP contribution is -2.00. The van der Waals surface area contributed by atoms with Crippen molar-refractivity contribution in [2.75, 3.05) is 7.11 Å². The molecule has 0 amide bonds. The van der Waals surface area contributed by atoms with Crippen LogP contribution in [0.1, 0.15) is 5.56 Å². The van der Waals surface area contributed by atoms with Gasteiger partial charge < -0.3 is 15.2 Å². The molecular formula is C14H12BrCl2NO2. The van der Waals surface area contributed by atoms with Crippen molar-refractivity contribution in [1.29, 1.82) is 0 Å². The van der Waals surface area contributed by atoms with Gasteiger partial charge in [0.25, 0.3) is 0 Å². The van der Waals surface area contributed by atoms with E-state index in [-0.39, 0.29) is 0 Å². The zero-order valence-corrected chi connectivity index (χ0v) is 13.7. The predicted molar refractivity (Wildman–Crippen MR) is 85.1 cm³/mol. The summed E-state index contributed by atoms with van der Waals surface area (Å²) < 4.78 is 11.7. The van der Waals surface area contributed by atoms with Crippen LogP contribution in [0.3, 0.4) is 0 Å². The van der Waals surface area contributed by atoms with Crippen molar-refractivity contribution in [1.82, 2.24) is 0 Å². The molecule has 0 saturated heterocycles. The van der Waals surface area contributed by atoms with Crippen molar-refractivity contribution in [3.63, 3.8) is 0 Å². The first-order valence-electron chi connectivity index (χ1n) is 5.74. The molecule has 0 spiro atoms. The standard InChI is InChI=1S/C14H12BrCl2NO2/c1-19-9-3-2-8(7-18)13(4-9)20-14-6-11(16)10(15)5-12(14)17/h2-6H,7,18H2,1H3. The van der Waals surface area contributed by atoms with Crippen molar-refractivity contribution in [2.24, 2.45) is 5.73 Å². The van der Waals surface area contributed by atoms with Gasteiger partial charge in [-0.2, -0.15) is 0 Å². The van der Waals surface area contributed by atoms with Crippen LogP contribution < -0.4 is 15.2 Å². The van der Waals surface area contributed by atoms with Gasteiger partial charge in [-0.25, -0.2) is 0 Å². The summed E-state index contributed by atoms with van der Waals surface area (Å²) in [4.78, 5) is 0. The fraction of sp³-hybridized carbons (Fsp3) is 0.143. The third-order valence-corrected chi connectivity index (χ3v) is 4.18. The van der Waals surface area contributed by atoms with Crippen molar-refractivity contribution in [3.8, 4) is 17.2 Å². The largest absolute Gasteiger partial charge is 0.497 e. The summed E-state index contributed by atoms with van der Waals surface area (Å²) >= 11 is 15.5. The third-order valence-electron chi connectivity index (χ3n) is 2.69. The zero-order chi connectivity index (χ0) is 14.7. The SMILES string of the molecule is COc1ccc(CN)c(Oc2cc(Cl)c(Br)cc2Cl)c1. The Balaban J connectivity index is 2.41. The van der Waals surface area contributed by atoms with E-state index in [0.717, 1.165) is 5.56 Å². The highest BCUT2D eigenvalue weighted by molar-refractivity contribution is 9.10. The van der Waals surface area contributed by atoms with E-state index in [0.29, 0.717) is 38.3 Å². The predicted octanol–water partition coefficient (Wildman–Crippen LogP) is 5.02.